The van der Waals surface area contributed by atoms with Crippen LogP contribution in [-0.2, 0) is 9.53 Å². The molecule has 17 heavy (non-hydrogen) atoms. The lowest BCUT2D eigenvalue weighted by Crippen LogP contribution is -2.38. The Morgan fingerprint density at radius 2 is 2.00 bits per heavy atom. The van der Waals surface area contributed by atoms with Crippen molar-refractivity contribution in [3.05, 3.63) is 0 Å². The number of methoxy groups -OCH3 is 1. The van der Waals surface area contributed by atoms with Crippen molar-refractivity contribution < 1.29 is 22.7 Å². The maximum atomic E-state index is 12.1. The van der Waals surface area contributed by atoms with Crippen molar-refractivity contribution in [1.82, 2.24) is 4.90 Å². The van der Waals surface area contributed by atoms with Gasteiger partial charge in [-0.3, -0.25) is 4.79 Å². The fourth-order valence-corrected chi connectivity index (χ4v) is 1.18. The lowest BCUT2D eigenvalue weighted by atomic mass is 10.3. The summed E-state index contributed by atoms with van der Waals surface area (Å²) < 4.78 is 40.9. The molecule has 0 saturated heterocycles. The number of thiocarbonyl (C=S) groups is 1. The van der Waals surface area contributed by atoms with E-state index in [2.05, 4.69) is 12.2 Å². The van der Waals surface area contributed by atoms with Crippen LogP contribution in [0.3, 0.4) is 0 Å². The first kappa shape index (κ1) is 16.1. The molecule has 8 heteroatoms. The molecule has 0 unspecified atom stereocenters. The molecule has 2 N–H and O–H groups in total. The number of rotatable bonds is 7. The highest BCUT2D eigenvalue weighted by atomic mass is 32.1. The summed E-state index contributed by atoms with van der Waals surface area (Å²) in [6, 6.07) is 0. The van der Waals surface area contributed by atoms with E-state index in [4.69, 9.17) is 10.5 Å². The third kappa shape index (κ3) is 8.87. The van der Waals surface area contributed by atoms with Crippen LogP contribution >= 0.6 is 12.2 Å². The molecule has 0 aromatic heterocycles. The van der Waals surface area contributed by atoms with Crippen molar-refractivity contribution in [2.75, 3.05) is 26.8 Å². The highest BCUT2D eigenvalue weighted by Crippen LogP contribution is 2.20. The number of alkyl halides is 3. The Morgan fingerprint density at radius 1 is 1.41 bits per heavy atom. The predicted molar refractivity (Wildman–Crippen MR) is 60.5 cm³/mol. The molecule has 0 spiro atoms. The molecule has 0 saturated carbocycles. The van der Waals surface area contributed by atoms with Crippen molar-refractivity contribution in [2.24, 2.45) is 5.73 Å². The molecular formula is C9H15F3N2O2S. The molecule has 100 valence electrons. The number of ether oxygens (including phenoxy) is 1. The van der Waals surface area contributed by atoms with Crippen molar-refractivity contribution in [2.45, 2.75) is 19.0 Å². The molecule has 0 aliphatic heterocycles. The maximum Gasteiger partial charge on any atom is 0.397 e. The van der Waals surface area contributed by atoms with Crippen molar-refractivity contribution in [1.29, 1.82) is 0 Å². The summed E-state index contributed by atoms with van der Waals surface area (Å²) in [4.78, 5) is 12.6. The second-order valence-corrected chi connectivity index (χ2v) is 3.91. The number of carbonyl (C=O) groups excluding carboxylic acids is 1. The molecule has 4 nitrogen and oxygen atoms in total. The van der Waals surface area contributed by atoms with Crippen LogP contribution in [0.15, 0.2) is 0 Å². The van der Waals surface area contributed by atoms with Crippen molar-refractivity contribution in [3.63, 3.8) is 0 Å². The standard InChI is InChI=1S/C9H15F3N2O2S/c1-16-5-4-14(3-2-7(13)17)8(15)6-9(10,11)12/h2-6H2,1H3,(H2,13,17). The second kappa shape index (κ2) is 7.44. The highest BCUT2D eigenvalue weighted by molar-refractivity contribution is 7.80. The molecule has 0 radical (unpaired) electrons. The van der Waals surface area contributed by atoms with Crippen LogP contribution in [0.1, 0.15) is 12.8 Å². The van der Waals surface area contributed by atoms with Gasteiger partial charge in [0.2, 0.25) is 5.91 Å². The fraction of sp³-hybridized carbons (Fsp3) is 0.778. The molecule has 0 heterocycles. The predicted octanol–water partition coefficient (Wildman–Crippen LogP) is 1.09. The van der Waals surface area contributed by atoms with Gasteiger partial charge in [-0.2, -0.15) is 13.2 Å². The van der Waals surface area contributed by atoms with E-state index in [1.54, 1.807) is 0 Å². The van der Waals surface area contributed by atoms with E-state index in [0.717, 1.165) is 4.90 Å². The summed E-state index contributed by atoms with van der Waals surface area (Å²) >= 11 is 4.61. The van der Waals surface area contributed by atoms with Gasteiger partial charge in [-0.1, -0.05) is 12.2 Å². The Hall–Kier alpha value is -0.890. The lowest BCUT2D eigenvalue weighted by Gasteiger charge is -2.22. The van der Waals surface area contributed by atoms with Crippen LogP contribution in [0.25, 0.3) is 0 Å². The van der Waals surface area contributed by atoms with Gasteiger partial charge >= 0.3 is 6.18 Å². The van der Waals surface area contributed by atoms with Gasteiger partial charge in [-0.25, -0.2) is 0 Å². The van der Waals surface area contributed by atoms with E-state index in [0.29, 0.717) is 0 Å². The minimum Gasteiger partial charge on any atom is -0.393 e. The van der Waals surface area contributed by atoms with Crippen molar-refractivity contribution >= 4 is 23.1 Å². The number of nitrogens with zero attached hydrogens (tertiary/aromatic N) is 1. The molecule has 0 bridgehead atoms. The molecule has 0 atom stereocenters. The first-order valence-corrected chi connectivity index (χ1v) is 5.29. The molecular weight excluding hydrogens is 257 g/mol. The molecule has 0 aromatic rings. The Kier molecular flexibility index (Phi) is 7.05. The quantitative estimate of drug-likeness (QED) is 0.705. The smallest absolute Gasteiger partial charge is 0.393 e. The number of halogens is 3. The van der Waals surface area contributed by atoms with E-state index in [-0.39, 0.29) is 31.1 Å². The molecule has 0 aliphatic rings. The zero-order valence-corrected chi connectivity index (χ0v) is 10.2. The topological polar surface area (TPSA) is 55.6 Å². The van der Waals surface area contributed by atoms with E-state index in [1.807, 2.05) is 0 Å². The minimum absolute atomic E-state index is 0.0770. The van der Waals surface area contributed by atoms with Crippen LogP contribution in [0.5, 0.6) is 0 Å². The monoisotopic (exact) mass is 272 g/mol. The zero-order valence-electron chi connectivity index (χ0n) is 9.42. The van der Waals surface area contributed by atoms with E-state index < -0.39 is 18.5 Å². The van der Waals surface area contributed by atoms with Crippen molar-refractivity contribution in [3.8, 4) is 0 Å². The van der Waals surface area contributed by atoms with Gasteiger partial charge in [0, 0.05) is 26.6 Å². The van der Waals surface area contributed by atoms with Gasteiger partial charge in [-0.15, -0.1) is 0 Å². The fourth-order valence-electron chi connectivity index (χ4n) is 1.09. The average molecular weight is 272 g/mol. The summed E-state index contributed by atoms with van der Waals surface area (Å²) in [5.41, 5.74) is 5.24. The number of hydrogen-bond acceptors (Lipinski definition) is 3. The summed E-state index contributed by atoms with van der Waals surface area (Å²) in [6.45, 7) is 0.336. The molecule has 0 aliphatic carbocycles. The van der Waals surface area contributed by atoms with Crippen LogP contribution in [0, 0.1) is 0 Å². The van der Waals surface area contributed by atoms with Gasteiger partial charge < -0.3 is 15.4 Å². The van der Waals surface area contributed by atoms with E-state index in [1.165, 1.54) is 7.11 Å². The number of carbonyl (C=O) groups is 1. The zero-order chi connectivity index (χ0) is 13.5. The largest absolute Gasteiger partial charge is 0.397 e. The van der Waals surface area contributed by atoms with Gasteiger partial charge in [0.25, 0.3) is 0 Å². The maximum absolute atomic E-state index is 12.1. The Labute approximate surface area is 103 Å². The Bertz CT molecular complexity index is 271. The third-order valence-corrected chi connectivity index (χ3v) is 2.10. The Balaban J connectivity index is 4.33. The molecule has 1 amide bonds. The van der Waals surface area contributed by atoms with Gasteiger partial charge in [0.15, 0.2) is 0 Å². The number of amides is 1. The van der Waals surface area contributed by atoms with Crippen LogP contribution in [0.4, 0.5) is 13.2 Å². The minimum atomic E-state index is -4.51. The lowest BCUT2D eigenvalue weighted by molar-refractivity contribution is -0.161. The van der Waals surface area contributed by atoms with Gasteiger partial charge in [0.05, 0.1) is 11.6 Å². The second-order valence-electron chi connectivity index (χ2n) is 3.38. The normalized spacial score (nSPS) is 11.3. The summed E-state index contributed by atoms with van der Waals surface area (Å²) in [5, 5.41) is 0. The summed E-state index contributed by atoms with van der Waals surface area (Å²) in [5.74, 6) is -0.995. The SMILES string of the molecule is COCCN(CCC(N)=S)C(=O)CC(F)(F)F. The Morgan fingerprint density at radius 3 is 2.41 bits per heavy atom. The average Bonchev–Trinajstić information content (AvgIpc) is 2.14. The van der Waals surface area contributed by atoms with Gasteiger partial charge in [0.1, 0.15) is 6.42 Å². The van der Waals surface area contributed by atoms with Crippen LogP contribution in [0.2, 0.25) is 0 Å². The summed E-state index contributed by atoms with van der Waals surface area (Å²) in [7, 11) is 1.40. The molecule has 0 aromatic carbocycles. The number of nitrogens with two attached hydrogens (primary N) is 1. The summed E-state index contributed by atoms with van der Waals surface area (Å²) in [6.07, 6.45) is -5.79. The van der Waals surface area contributed by atoms with Gasteiger partial charge in [-0.05, 0) is 0 Å². The van der Waals surface area contributed by atoms with Crippen LogP contribution in [-0.4, -0.2) is 48.8 Å². The highest BCUT2D eigenvalue weighted by Gasteiger charge is 2.33. The third-order valence-electron chi connectivity index (χ3n) is 1.90. The van der Waals surface area contributed by atoms with E-state index in [9.17, 15) is 18.0 Å². The number of hydrogen-bond donors (Lipinski definition) is 1. The molecule has 0 fully saturated rings. The van der Waals surface area contributed by atoms with E-state index >= 15 is 0 Å². The first-order valence-electron chi connectivity index (χ1n) is 4.88. The first-order chi connectivity index (χ1) is 7.76. The molecule has 0 rings (SSSR count). The van der Waals surface area contributed by atoms with Crippen LogP contribution < -0.4 is 5.73 Å².